The number of carbonyl (C=O) groups excluding carboxylic acids is 1. The van der Waals surface area contributed by atoms with E-state index in [1.54, 1.807) is 18.3 Å². The second-order valence-electron chi connectivity index (χ2n) is 4.09. The summed E-state index contributed by atoms with van der Waals surface area (Å²) < 4.78 is 1.05. The van der Waals surface area contributed by atoms with Crippen LogP contribution in [-0.4, -0.2) is 5.78 Å². The van der Waals surface area contributed by atoms with E-state index in [2.05, 4.69) is 36.7 Å². The van der Waals surface area contributed by atoms with Crippen molar-refractivity contribution in [2.45, 2.75) is 33.1 Å². The first kappa shape index (κ1) is 10.9. The summed E-state index contributed by atoms with van der Waals surface area (Å²) in [5, 5.41) is 0. The lowest BCUT2D eigenvalue weighted by Gasteiger charge is -2.16. The Labute approximate surface area is 91.3 Å². The molecule has 0 amide bonds. The first-order valence-electron chi connectivity index (χ1n) is 4.13. The summed E-state index contributed by atoms with van der Waals surface area (Å²) in [7, 11) is 0. The molecule has 13 heavy (non-hydrogen) atoms. The second kappa shape index (κ2) is 3.54. The highest BCUT2D eigenvalue weighted by Gasteiger charge is 2.21. The van der Waals surface area contributed by atoms with Crippen molar-refractivity contribution in [3.63, 3.8) is 0 Å². The maximum atomic E-state index is 11.1. The molecule has 0 N–H and O–H groups in total. The van der Waals surface area contributed by atoms with Crippen molar-refractivity contribution in [2.75, 3.05) is 0 Å². The quantitative estimate of drug-likeness (QED) is 0.698. The van der Waals surface area contributed by atoms with E-state index in [-0.39, 0.29) is 11.2 Å². The lowest BCUT2D eigenvalue weighted by molar-refractivity contribution is 0.102. The summed E-state index contributed by atoms with van der Waals surface area (Å²) in [6, 6.07) is 1.91. The zero-order chi connectivity index (χ0) is 10.2. The molecule has 0 unspecified atom stereocenters. The third-order valence-electron chi connectivity index (χ3n) is 1.71. The molecule has 0 spiro atoms. The summed E-state index contributed by atoms with van der Waals surface area (Å²) in [5.41, 5.74) is 0.108. The summed E-state index contributed by atoms with van der Waals surface area (Å²) in [5.74, 6) is 0.140. The minimum Gasteiger partial charge on any atom is -0.294 e. The zero-order valence-corrected chi connectivity index (χ0v) is 10.7. The standard InChI is InChI=1S/C10H13BrOS/c1-6(12)8-5-7(11)9(13-8)10(2,3)4/h5H,1-4H3. The van der Waals surface area contributed by atoms with Gasteiger partial charge in [-0.25, -0.2) is 0 Å². The molecule has 0 atom stereocenters. The Morgan fingerprint density at radius 1 is 1.46 bits per heavy atom. The van der Waals surface area contributed by atoms with Crippen LogP contribution in [0.25, 0.3) is 0 Å². The largest absolute Gasteiger partial charge is 0.294 e. The first-order chi connectivity index (χ1) is 5.82. The highest BCUT2D eigenvalue weighted by molar-refractivity contribution is 9.10. The molecule has 1 heterocycles. The number of rotatable bonds is 1. The third-order valence-corrected chi connectivity index (χ3v) is 4.26. The Bertz CT molecular complexity index is 333. The molecule has 0 saturated heterocycles. The molecule has 0 radical (unpaired) electrons. The second-order valence-corrected chi connectivity index (χ2v) is 6.00. The van der Waals surface area contributed by atoms with E-state index < -0.39 is 0 Å². The van der Waals surface area contributed by atoms with E-state index in [1.165, 1.54) is 4.88 Å². The number of ketones is 1. The molecule has 0 aliphatic heterocycles. The van der Waals surface area contributed by atoms with Crippen molar-refractivity contribution in [1.29, 1.82) is 0 Å². The van der Waals surface area contributed by atoms with Crippen LogP contribution in [0.3, 0.4) is 0 Å². The molecule has 0 aromatic carbocycles. The SMILES string of the molecule is CC(=O)c1cc(Br)c(C(C)(C)C)s1. The van der Waals surface area contributed by atoms with Crippen LogP contribution in [0, 0.1) is 0 Å². The number of carbonyl (C=O) groups is 1. The predicted molar refractivity (Wildman–Crippen MR) is 60.7 cm³/mol. The van der Waals surface area contributed by atoms with Gasteiger partial charge in [0, 0.05) is 9.35 Å². The Kier molecular flexibility index (Phi) is 2.98. The predicted octanol–water partition coefficient (Wildman–Crippen LogP) is 4.01. The molecule has 1 nitrogen and oxygen atoms in total. The fraction of sp³-hybridized carbons (Fsp3) is 0.500. The molecule has 0 fully saturated rings. The summed E-state index contributed by atoms with van der Waals surface area (Å²) in [6.07, 6.45) is 0. The smallest absolute Gasteiger partial charge is 0.169 e. The highest BCUT2D eigenvalue weighted by Crippen LogP contribution is 2.36. The van der Waals surface area contributed by atoms with Crippen LogP contribution in [-0.2, 0) is 5.41 Å². The molecule has 0 bridgehead atoms. The number of hydrogen-bond donors (Lipinski definition) is 0. The molecule has 0 aliphatic rings. The van der Waals surface area contributed by atoms with Crippen LogP contribution in [0.1, 0.15) is 42.2 Å². The van der Waals surface area contributed by atoms with Crippen molar-refractivity contribution in [3.8, 4) is 0 Å². The lowest BCUT2D eigenvalue weighted by atomic mass is 9.95. The molecule has 72 valence electrons. The molecular formula is C10H13BrOS. The van der Waals surface area contributed by atoms with E-state index in [1.807, 2.05) is 6.07 Å². The van der Waals surface area contributed by atoms with Gasteiger partial charge in [-0.05, 0) is 34.3 Å². The van der Waals surface area contributed by atoms with Crippen LogP contribution >= 0.6 is 27.3 Å². The zero-order valence-electron chi connectivity index (χ0n) is 8.27. The lowest BCUT2D eigenvalue weighted by Crippen LogP contribution is -2.08. The minimum absolute atomic E-state index is 0.108. The van der Waals surface area contributed by atoms with Crippen molar-refractivity contribution < 1.29 is 4.79 Å². The van der Waals surface area contributed by atoms with Gasteiger partial charge in [0.05, 0.1) is 4.88 Å². The van der Waals surface area contributed by atoms with Gasteiger partial charge in [-0.1, -0.05) is 20.8 Å². The van der Waals surface area contributed by atoms with Gasteiger partial charge in [0.15, 0.2) is 5.78 Å². The van der Waals surface area contributed by atoms with Gasteiger partial charge in [-0.2, -0.15) is 0 Å². The Hall–Kier alpha value is -0.150. The van der Waals surface area contributed by atoms with Gasteiger partial charge in [0.1, 0.15) is 0 Å². The number of hydrogen-bond acceptors (Lipinski definition) is 2. The van der Waals surface area contributed by atoms with Gasteiger partial charge in [0.25, 0.3) is 0 Å². The van der Waals surface area contributed by atoms with Gasteiger partial charge < -0.3 is 0 Å². The molecule has 0 saturated carbocycles. The molecule has 1 rings (SSSR count). The average molecular weight is 261 g/mol. The average Bonchev–Trinajstić information content (AvgIpc) is 2.29. The molecule has 1 aromatic rings. The van der Waals surface area contributed by atoms with Gasteiger partial charge in [0.2, 0.25) is 0 Å². The first-order valence-corrected chi connectivity index (χ1v) is 5.74. The minimum atomic E-state index is 0.108. The summed E-state index contributed by atoms with van der Waals surface area (Å²) in [6.45, 7) is 8.04. The van der Waals surface area contributed by atoms with E-state index in [0.29, 0.717) is 0 Å². The van der Waals surface area contributed by atoms with Crippen LogP contribution in [0.4, 0.5) is 0 Å². The monoisotopic (exact) mass is 260 g/mol. The van der Waals surface area contributed by atoms with Crippen molar-refractivity contribution in [3.05, 3.63) is 20.3 Å². The molecule has 3 heteroatoms. The fourth-order valence-electron chi connectivity index (χ4n) is 1.05. The molecule has 1 aromatic heterocycles. The maximum absolute atomic E-state index is 11.1. The topological polar surface area (TPSA) is 17.1 Å². The van der Waals surface area contributed by atoms with Crippen molar-refractivity contribution in [2.24, 2.45) is 0 Å². The normalized spacial score (nSPS) is 11.8. The molecule has 0 aliphatic carbocycles. The third kappa shape index (κ3) is 2.41. The Balaban J connectivity index is 3.18. The van der Waals surface area contributed by atoms with Crippen LogP contribution in [0.15, 0.2) is 10.5 Å². The highest BCUT2D eigenvalue weighted by atomic mass is 79.9. The number of halogens is 1. The Morgan fingerprint density at radius 3 is 2.23 bits per heavy atom. The van der Waals surface area contributed by atoms with E-state index in [9.17, 15) is 4.79 Å². The van der Waals surface area contributed by atoms with Gasteiger partial charge in [-0.3, -0.25) is 4.79 Å². The van der Waals surface area contributed by atoms with E-state index in [4.69, 9.17) is 0 Å². The van der Waals surface area contributed by atoms with Crippen molar-refractivity contribution in [1.82, 2.24) is 0 Å². The van der Waals surface area contributed by atoms with Crippen molar-refractivity contribution >= 4 is 33.0 Å². The fourth-order valence-corrected chi connectivity index (χ4v) is 3.27. The number of thiophene rings is 1. The summed E-state index contributed by atoms with van der Waals surface area (Å²) in [4.78, 5) is 13.2. The van der Waals surface area contributed by atoms with Crippen LogP contribution < -0.4 is 0 Å². The van der Waals surface area contributed by atoms with Gasteiger partial charge in [-0.15, -0.1) is 11.3 Å². The molecular weight excluding hydrogens is 248 g/mol. The van der Waals surface area contributed by atoms with Crippen LogP contribution in [0.5, 0.6) is 0 Å². The maximum Gasteiger partial charge on any atom is 0.169 e. The van der Waals surface area contributed by atoms with E-state index >= 15 is 0 Å². The van der Waals surface area contributed by atoms with E-state index in [0.717, 1.165) is 9.35 Å². The van der Waals surface area contributed by atoms with Crippen LogP contribution in [0.2, 0.25) is 0 Å². The number of Topliss-reactive ketones (excluding diaryl/α,β-unsaturated/α-hetero) is 1. The van der Waals surface area contributed by atoms with Gasteiger partial charge >= 0.3 is 0 Å². The Morgan fingerprint density at radius 2 is 2.00 bits per heavy atom. The summed E-state index contributed by atoms with van der Waals surface area (Å²) >= 11 is 5.06.